The van der Waals surface area contributed by atoms with Gasteiger partial charge in [-0.25, -0.2) is 4.79 Å². The second-order valence-electron chi connectivity index (χ2n) is 5.36. The van der Waals surface area contributed by atoms with Crippen LogP contribution >= 0.6 is 0 Å². The summed E-state index contributed by atoms with van der Waals surface area (Å²) < 4.78 is 5.27. The fourth-order valence-corrected chi connectivity index (χ4v) is 2.24. The average Bonchev–Trinajstić information content (AvgIpc) is 2.43. The van der Waals surface area contributed by atoms with Gasteiger partial charge in [-0.05, 0) is 50.3 Å². The molecule has 1 aromatic carbocycles. The van der Waals surface area contributed by atoms with Gasteiger partial charge >= 0.3 is 5.63 Å². The fraction of sp³-hybridized carbons (Fsp3) is 0.353. The highest BCUT2D eigenvalue weighted by molar-refractivity contribution is 5.80. The van der Waals surface area contributed by atoms with Crippen LogP contribution in [-0.4, -0.2) is 16.8 Å². The fourth-order valence-electron chi connectivity index (χ4n) is 2.24. The van der Waals surface area contributed by atoms with Crippen LogP contribution in [0.1, 0.15) is 30.9 Å². The molecule has 0 bridgehead atoms. The van der Waals surface area contributed by atoms with E-state index in [1.165, 1.54) is 6.07 Å². The van der Waals surface area contributed by atoms with Crippen molar-refractivity contribution < 1.29 is 14.6 Å². The Hall–Kier alpha value is -2.07. The molecule has 0 fully saturated rings. The lowest BCUT2D eigenvalue weighted by Crippen LogP contribution is -2.07. The summed E-state index contributed by atoms with van der Waals surface area (Å²) in [5.41, 5.74) is 2.39. The Morgan fingerprint density at radius 2 is 1.95 bits per heavy atom. The number of hydrogen-bond donors (Lipinski definition) is 2. The highest BCUT2D eigenvalue weighted by Crippen LogP contribution is 2.26. The number of aliphatic hydroxyl groups excluding tert-OH is 1. The normalized spacial score (nSPS) is 11.0. The molecule has 1 aromatic heterocycles. The van der Waals surface area contributed by atoms with Crippen LogP contribution < -0.4 is 5.63 Å². The van der Waals surface area contributed by atoms with Crippen molar-refractivity contribution in [1.82, 2.24) is 0 Å². The summed E-state index contributed by atoms with van der Waals surface area (Å²) in [6.07, 6.45) is 2.50. The summed E-state index contributed by atoms with van der Waals surface area (Å²) in [4.78, 5) is 11.9. The van der Waals surface area contributed by atoms with Crippen LogP contribution in [0.25, 0.3) is 11.0 Å². The first-order valence-corrected chi connectivity index (χ1v) is 7.05. The number of hydrogen-bond acceptors (Lipinski definition) is 4. The van der Waals surface area contributed by atoms with Crippen molar-refractivity contribution in [3.8, 4) is 5.75 Å². The standard InChI is InChI=1S/C17H20O4/c1-11(2)5-6-13-9-14-8-12(4-3-7-18)15(19)10-16(14)21-17(13)20/h8-10,18-19H,1,3-7H2,2H3. The van der Waals surface area contributed by atoms with Crippen molar-refractivity contribution in [2.45, 2.75) is 32.6 Å². The van der Waals surface area contributed by atoms with Gasteiger partial charge in [-0.1, -0.05) is 5.57 Å². The second kappa shape index (κ2) is 6.59. The predicted molar refractivity (Wildman–Crippen MR) is 82.7 cm³/mol. The van der Waals surface area contributed by atoms with Gasteiger partial charge in [0.1, 0.15) is 11.3 Å². The molecule has 0 atom stereocenters. The summed E-state index contributed by atoms with van der Waals surface area (Å²) in [7, 11) is 0. The number of phenolic OH excluding ortho intramolecular Hbond substituents is 1. The Bertz CT molecular complexity index is 713. The minimum atomic E-state index is -0.369. The highest BCUT2D eigenvalue weighted by Gasteiger charge is 2.09. The smallest absolute Gasteiger partial charge is 0.339 e. The van der Waals surface area contributed by atoms with Gasteiger partial charge in [0.25, 0.3) is 0 Å². The van der Waals surface area contributed by atoms with Crippen LogP contribution in [-0.2, 0) is 12.8 Å². The Kier molecular flexibility index (Phi) is 4.81. The van der Waals surface area contributed by atoms with Crippen LogP contribution in [0.4, 0.5) is 0 Å². The van der Waals surface area contributed by atoms with E-state index in [1.807, 2.05) is 19.1 Å². The molecule has 0 aliphatic heterocycles. The number of aromatic hydroxyl groups is 1. The molecule has 0 amide bonds. The van der Waals surface area contributed by atoms with Crippen LogP contribution in [0.15, 0.2) is 39.6 Å². The molecule has 0 aliphatic carbocycles. The monoisotopic (exact) mass is 288 g/mol. The van der Waals surface area contributed by atoms with Gasteiger partial charge in [-0.3, -0.25) is 0 Å². The van der Waals surface area contributed by atoms with Crippen molar-refractivity contribution in [2.75, 3.05) is 6.61 Å². The molecule has 2 aromatic rings. The maximum atomic E-state index is 11.9. The zero-order valence-corrected chi connectivity index (χ0v) is 12.2. The number of rotatable bonds is 6. The minimum Gasteiger partial charge on any atom is -0.508 e. The van der Waals surface area contributed by atoms with Crippen molar-refractivity contribution in [3.63, 3.8) is 0 Å². The first-order valence-electron chi connectivity index (χ1n) is 7.05. The molecule has 112 valence electrons. The number of fused-ring (bicyclic) bond motifs is 1. The Labute approximate surface area is 123 Å². The third-order valence-corrected chi connectivity index (χ3v) is 3.43. The molecule has 4 heteroatoms. The number of aryl methyl sites for hydroxylation is 2. The summed E-state index contributed by atoms with van der Waals surface area (Å²) >= 11 is 0. The molecule has 0 spiro atoms. The number of allylic oxidation sites excluding steroid dienone is 1. The lowest BCUT2D eigenvalue weighted by molar-refractivity contribution is 0.288. The zero-order valence-electron chi connectivity index (χ0n) is 12.2. The molecule has 0 saturated heterocycles. The van der Waals surface area contributed by atoms with Gasteiger partial charge < -0.3 is 14.6 Å². The van der Waals surface area contributed by atoms with Crippen LogP contribution in [0.5, 0.6) is 5.75 Å². The predicted octanol–water partition coefficient (Wildman–Crippen LogP) is 2.93. The van der Waals surface area contributed by atoms with E-state index in [-0.39, 0.29) is 18.0 Å². The van der Waals surface area contributed by atoms with Gasteiger partial charge in [-0.15, -0.1) is 6.58 Å². The lowest BCUT2D eigenvalue weighted by atomic mass is 10.0. The van der Waals surface area contributed by atoms with E-state index >= 15 is 0 Å². The quantitative estimate of drug-likeness (QED) is 0.633. The Morgan fingerprint density at radius 1 is 1.24 bits per heavy atom. The molecule has 0 unspecified atom stereocenters. The van der Waals surface area contributed by atoms with Gasteiger partial charge in [-0.2, -0.15) is 0 Å². The first-order chi connectivity index (χ1) is 10.0. The third kappa shape index (κ3) is 3.73. The van der Waals surface area contributed by atoms with Crippen molar-refractivity contribution in [3.05, 3.63) is 51.9 Å². The van der Waals surface area contributed by atoms with E-state index in [4.69, 9.17) is 9.52 Å². The van der Waals surface area contributed by atoms with Gasteiger partial charge in [0.05, 0.1) is 0 Å². The molecular formula is C17H20O4. The summed E-state index contributed by atoms with van der Waals surface area (Å²) in [6, 6.07) is 5.09. The van der Waals surface area contributed by atoms with Crippen LogP contribution in [0.3, 0.4) is 0 Å². The van der Waals surface area contributed by atoms with Gasteiger partial charge in [0.15, 0.2) is 0 Å². The Morgan fingerprint density at radius 3 is 2.62 bits per heavy atom. The molecule has 0 aliphatic rings. The van der Waals surface area contributed by atoms with E-state index in [0.717, 1.165) is 22.9 Å². The molecule has 0 saturated carbocycles. The number of benzene rings is 1. The Balaban J connectivity index is 2.41. The SMILES string of the molecule is C=C(C)CCc1cc2cc(CCCO)c(O)cc2oc1=O. The van der Waals surface area contributed by atoms with Crippen molar-refractivity contribution in [2.24, 2.45) is 0 Å². The van der Waals surface area contributed by atoms with E-state index in [1.54, 1.807) is 0 Å². The topological polar surface area (TPSA) is 70.7 Å². The first kappa shape index (κ1) is 15.3. The summed E-state index contributed by atoms with van der Waals surface area (Å²) in [5.74, 6) is 0.0915. The molecule has 2 rings (SSSR count). The molecule has 1 heterocycles. The third-order valence-electron chi connectivity index (χ3n) is 3.43. The maximum absolute atomic E-state index is 11.9. The number of aliphatic hydroxyl groups is 1. The maximum Gasteiger partial charge on any atom is 0.339 e. The molecule has 4 nitrogen and oxygen atoms in total. The van der Waals surface area contributed by atoms with E-state index in [0.29, 0.717) is 30.4 Å². The largest absolute Gasteiger partial charge is 0.508 e. The summed E-state index contributed by atoms with van der Waals surface area (Å²) in [5, 5.41) is 19.6. The van der Waals surface area contributed by atoms with Gasteiger partial charge in [0, 0.05) is 23.6 Å². The number of phenols is 1. The van der Waals surface area contributed by atoms with Crippen molar-refractivity contribution >= 4 is 11.0 Å². The minimum absolute atomic E-state index is 0.0746. The van der Waals surface area contributed by atoms with E-state index in [9.17, 15) is 9.90 Å². The van der Waals surface area contributed by atoms with Crippen LogP contribution in [0, 0.1) is 0 Å². The molecule has 21 heavy (non-hydrogen) atoms. The molecule has 2 N–H and O–H groups in total. The zero-order chi connectivity index (χ0) is 15.4. The van der Waals surface area contributed by atoms with Crippen molar-refractivity contribution in [1.29, 1.82) is 0 Å². The highest BCUT2D eigenvalue weighted by atomic mass is 16.4. The van der Waals surface area contributed by atoms with E-state index < -0.39 is 0 Å². The van der Waals surface area contributed by atoms with Crippen LogP contribution in [0.2, 0.25) is 0 Å². The molecule has 0 radical (unpaired) electrons. The summed E-state index contributed by atoms with van der Waals surface area (Å²) in [6.45, 7) is 5.83. The van der Waals surface area contributed by atoms with E-state index in [2.05, 4.69) is 6.58 Å². The lowest BCUT2D eigenvalue weighted by Gasteiger charge is -2.07. The second-order valence-corrected chi connectivity index (χ2v) is 5.36. The molecular weight excluding hydrogens is 268 g/mol. The van der Waals surface area contributed by atoms with Gasteiger partial charge in [0.2, 0.25) is 0 Å². The average molecular weight is 288 g/mol.